The molecule has 2 heterocycles. The van der Waals surface area contributed by atoms with Crippen LogP contribution in [0, 0.1) is 12.7 Å². The second-order valence-corrected chi connectivity index (χ2v) is 8.02. The Morgan fingerprint density at radius 2 is 1.97 bits per heavy atom. The summed E-state index contributed by atoms with van der Waals surface area (Å²) >= 11 is 11.0. The van der Waals surface area contributed by atoms with Crippen LogP contribution in [0.4, 0.5) is 10.1 Å². The third-order valence-corrected chi connectivity index (χ3v) is 5.76. The first-order valence-electron chi connectivity index (χ1n) is 9.86. The molecule has 172 valence electrons. The first-order chi connectivity index (χ1) is 16.2. The van der Waals surface area contributed by atoms with E-state index in [9.17, 15) is 18.8 Å². The van der Waals surface area contributed by atoms with Crippen molar-refractivity contribution >= 4 is 58.5 Å². The van der Waals surface area contributed by atoms with Crippen LogP contribution in [0.1, 0.15) is 21.7 Å². The molecule has 4 rings (SSSR count). The molecule has 3 aromatic rings. The Balaban J connectivity index is 1.69. The molecule has 0 bridgehead atoms. The summed E-state index contributed by atoms with van der Waals surface area (Å²) in [4.78, 5) is 38.6. The number of thiocarbonyl (C=S) groups is 1. The molecule has 0 spiro atoms. The van der Waals surface area contributed by atoms with Crippen molar-refractivity contribution < 1.29 is 27.9 Å². The molecule has 0 aliphatic carbocycles. The van der Waals surface area contributed by atoms with Crippen LogP contribution < -0.4 is 10.2 Å². The predicted molar refractivity (Wildman–Crippen MR) is 128 cm³/mol. The van der Waals surface area contributed by atoms with Gasteiger partial charge in [0, 0.05) is 5.56 Å². The highest BCUT2D eigenvalue weighted by Crippen LogP contribution is 2.30. The van der Waals surface area contributed by atoms with Gasteiger partial charge < -0.3 is 9.15 Å². The lowest BCUT2D eigenvalue weighted by atomic mass is 10.0. The molecule has 1 aromatic heterocycles. The Kier molecular flexibility index (Phi) is 6.32. The van der Waals surface area contributed by atoms with Crippen LogP contribution >= 0.6 is 23.8 Å². The molecule has 0 atom stereocenters. The van der Waals surface area contributed by atoms with E-state index >= 15 is 0 Å². The number of nitrogens with zero attached hydrogens (tertiary/aromatic N) is 1. The molecule has 2 aromatic carbocycles. The molecule has 1 N–H and O–H groups in total. The topological polar surface area (TPSA) is 88.9 Å². The number of hydrogen-bond donors (Lipinski definition) is 1. The third-order valence-electron chi connectivity index (χ3n) is 5.18. The van der Waals surface area contributed by atoms with Crippen LogP contribution in [-0.2, 0) is 14.3 Å². The molecule has 0 radical (unpaired) electrons. The fourth-order valence-electron chi connectivity index (χ4n) is 3.47. The van der Waals surface area contributed by atoms with Crippen molar-refractivity contribution in [3.8, 4) is 11.3 Å². The van der Waals surface area contributed by atoms with Gasteiger partial charge in [-0.2, -0.15) is 0 Å². The van der Waals surface area contributed by atoms with Crippen molar-refractivity contribution in [1.82, 2.24) is 5.32 Å². The zero-order valence-corrected chi connectivity index (χ0v) is 19.4. The van der Waals surface area contributed by atoms with Gasteiger partial charge in [-0.25, -0.2) is 9.18 Å². The number of esters is 1. The number of hydrogen-bond acceptors (Lipinski definition) is 6. The number of methoxy groups -OCH3 is 1. The summed E-state index contributed by atoms with van der Waals surface area (Å²) in [5, 5.41) is 2.08. The van der Waals surface area contributed by atoms with Crippen LogP contribution in [-0.4, -0.2) is 30.0 Å². The van der Waals surface area contributed by atoms with Crippen LogP contribution in [0.2, 0.25) is 5.02 Å². The molecule has 1 saturated heterocycles. The van der Waals surface area contributed by atoms with Gasteiger partial charge in [-0.15, -0.1) is 0 Å². The minimum Gasteiger partial charge on any atom is -0.465 e. The average molecular weight is 499 g/mol. The van der Waals surface area contributed by atoms with Gasteiger partial charge in [0.1, 0.15) is 22.9 Å². The van der Waals surface area contributed by atoms with Gasteiger partial charge in [0.15, 0.2) is 5.11 Å². The zero-order valence-electron chi connectivity index (χ0n) is 17.8. The van der Waals surface area contributed by atoms with E-state index in [1.807, 2.05) is 0 Å². The maximum absolute atomic E-state index is 13.6. The zero-order chi connectivity index (χ0) is 24.6. The van der Waals surface area contributed by atoms with Gasteiger partial charge in [-0.3, -0.25) is 19.8 Å². The number of carbonyl (C=O) groups is 3. The van der Waals surface area contributed by atoms with Crippen LogP contribution in [0.15, 0.2) is 58.5 Å². The average Bonchev–Trinajstić information content (AvgIpc) is 3.27. The van der Waals surface area contributed by atoms with Crippen LogP contribution in [0.5, 0.6) is 0 Å². The van der Waals surface area contributed by atoms with E-state index in [4.69, 9.17) is 33.0 Å². The number of halogens is 2. The Hall–Kier alpha value is -3.82. The van der Waals surface area contributed by atoms with Gasteiger partial charge in [0.2, 0.25) is 0 Å². The fourth-order valence-corrected chi connectivity index (χ4v) is 3.92. The number of nitrogens with one attached hydrogen (secondary N) is 1. The summed E-state index contributed by atoms with van der Waals surface area (Å²) in [6, 6.07) is 12.0. The highest BCUT2D eigenvalue weighted by Gasteiger charge is 2.35. The second kappa shape index (κ2) is 9.20. The largest absolute Gasteiger partial charge is 0.465 e. The van der Waals surface area contributed by atoms with Gasteiger partial charge >= 0.3 is 5.97 Å². The number of rotatable bonds is 4. The summed E-state index contributed by atoms with van der Waals surface area (Å²) in [6.45, 7) is 1.76. The predicted octanol–water partition coefficient (Wildman–Crippen LogP) is 4.67. The van der Waals surface area contributed by atoms with Crippen molar-refractivity contribution in [3.05, 3.63) is 81.8 Å². The van der Waals surface area contributed by atoms with Crippen molar-refractivity contribution in [2.75, 3.05) is 12.0 Å². The molecule has 7 nitrogen and oxygen atoms in total. The van der Waals surface area contributed by atoms with E-state index < -0.39 is 23.6 Å². The van der Waals surface area contributed by atoms with Gasteiger partial charge in [0.05, 0.1) is 23.4 Å². The normalized spacial score (nSPS) is 15.0. The summed E-state index contributed by atoms with van der Waals surface area (Å²) in [5.41, 5.74) is 1.65. The molecular weight excluding hydrogens is 483 g/mol. The van der Waals surface area contributed by atoms with Gasteiger partial charge in [0.25, 0.3) is 11.8 Å². The lowest BCUT2D eigenvalue weighted by molar-refractivity contribution is -0.122. The summed E-state index contributed by atoms with van der Waals surface area (Å²) in [5.74, 6) is -1.91. The number of anilines is 1. The Labute approximate surface area is 203 Å². The molecule has 1 fully saturated rings. The van der Waals surface area contributed by atoms with E-state index in [-0.39, 0.29) is 27.2 Å². The van der Waals surface area contributed by atoms with E-state index in [2.05, 4.69) is 5.32 Å². The van der Waals surface area contributed by atoms with Crippen LogP contribution in [0.3, 0.4) is 0 Å². The van der Waals surface area contributed by atoms with E-state index in [1.54, 1.807) is 37.3 Å². The molecule has 0 saturated carbocycles. The highest BCUT2D eigenvalue weighted by molar-refractivity contribution is 7.80. The lowest BCUT2D eigenvalue weighted by Crippen LogP contribution is -2.54. The van der Waals surface area contributed by atoms with E-state index in [1.165, 1.54) is 25.3 Å². The van der Waals surface area contributed by atoms with Crippen molar-refractivity contribution in [2.24, 2.45) is 0 Å². The Morgan fingerprint density at radius 1 is 1.21 bits per heavy atom. The second-order valence-electron chi connectivity index (χ2n) is 7.23. The van der Waals surface area contributed by atoms with Gasteiger partial charge in [-0.05, 0) is 67.2 Å². The van der Waals surface area contributed by atoms with Crippen LogP contribution in [0.25, 0.3) is 17.4 Å². The Bertz CT molecular complexity index is 1400. The monoisotopic (exact) mass is 498 g/mol. The quantitative estimate of drug-likeness (QED) is 0.243. The minimum absolute atomic E-state index is 0.162. The molecular formula is C24H16ClFN2O5S. The maximum atomic E-state index is 13.6. The minimum atomic E-state index is -0.724. The number of ether oxygens (including phenoxy) is 1. The first kappa shape index (κ1) is 23.3. The first-order valence-corrected chi connectivity index (χ1v) is 10.6. The molecule has 1 aliphatic rings. The van der Waals surface area contributed by atoms with Crippen molar-refractivity contribution in [3.63, 3.8) is 0 Å². The smallest absolute Gasteiger partial charge is 0.338 e. The number of benzene rings is 2. The molecule has 0 unspecified atom stereocenters. The molecule has 34 heavy (non-hydrogen) atoms. The summed E-state index contributed by atoms with van der Waals surface area (Å²) < 4.78 is 24.2. The summed E-state index contributed by atoms with van der Waals surface area (Å²) in [7, 11) is 1.30. The third kappa shape index (κ3) is 4.23. The Morgan fingerprint density at radius 3 is 2.68 bits per heavy atom. The lowest BCUT2D eigenvalue weighted by Gasteiger charge is -2.28. The summed E-state index contributed by atoms with van der Waals surface area (Å²) in [6.07, 6.45) is 1.28. The fraction of sp³-hybridized carbons (Fsp3) is 0.0833. The van der Waals surface area contributed by atoms with E-state index in [0.29, 0.717) is 22.5 Å². The highest BCUT2D eigenvalue weighted by atomic mass is 35.5. The number of amides is 2. The van der Waals surface area contributed by atoms with E-state index in [0.717, 1.165) is 11.0 Å². The molecule has 2 amide bonds. The molecule has 10 heteroatoms. The standard InChI is InChI=1S/C24H16ClFN2O5S/c1-12-15(4-3-5-16(12)23(31)32-2)20-9-7-14(33-20)11-17-21(29)27-24(34)28(22(17)30)13-6-8-19(26)18(25)10-13/h3-11H,1-2H3,(H,27,29,34)/b17-11-. The van der Waals surface area contributed by atoms with Gasteiger partial charge in [-0.1, -0.05) is 23.7 Å². The number of furan rings is 1. The SMILES string of the molecule is COC(=O)c1cccc(-c2ccc(/C=C3/C(=O)NC(=S)N(c4ccc(F)c(Cl)c4)C3=O)o2)c1C. The maximum Gasteiger partial charge on any atom is 0.338 e. The van der Waals surface area contributed by atoms with Crippen molar-refractivity contribution in [2.45, 2.75) is 6.92 Å². The van der Waals surface area contributed by atoms with Crippen molar-refractivity contribution in [1.29, 1.82) is 0 Å². The number of carbonyl (C=O) groups excluding carboxylic acids is 3. The molecule has 1 aliphatic heterocycles.